The second-order valence-electron chi connectivity index (χ2n) is 3.66. The van der Waals surface area contributed by atoms with Crippen LogP contribution in [0.1, 0.15) is 10.4 Å². The number of hydrogen-bond donors (Lipinski definition) is 1. The van der Waals surface area contributed by atoms with E-state index in [1.165, 1.54) is 18.2 Å². The van der Waals surface area contributed by atoms with E-state index in [-0.39, 0.29) is 16.7 Å². The van der Waals surface area contributed by atoms with Crippen molar-refractivity contribution in [1.29, 1.82) is 0 Å². The predicted octanol–water partition coefficient (Wildman–Crippen LogP) is 2.87. The van der Waals surface area contributed by atoms with Crippen LogP contribution in [0.25, 0.3) is 11.1 Å². The standard InChI is InChI=1S/C13H8F3NO/c14-7-4-5-8(10(6-7)13(17)18)9-2-1-3-11(15)12(9)16/h1-6H,(H2,17,18). The Labute approximate surface area is 101 Å². The molecule has 0 fully saturated rings. The molecule has 2 nitrogen and oxygen atoms in total. The third-order valence-corrected chi connectivity index (χ3v) is 2.49. The van der Waals surface area contributed by atoms with Crippen molar-refractivity contribution in [1.82, 2.24) is 0 Å². The van der Waals surface area contributed by atoms with E-state index in [0.29, 0.717) is 0 Å². The minimum atomic E-state index is -1.10. The Morgan fingerprint density at radius 1 is 1.00 bits per heavy atom. The van der Waals surface area contributed by atoms with Crippen LogP contribution in [-0.2, 0) is 0 Å². The zero-order valence-electron chi connectivity index (χ0n) is 9.08. The van der Waals surface area contributed by atoms with Crippen LogP contribution in [0, 0.1) is 17.5 Å². The molecular formula is C13H8F3NO. The van der Waals surface area contributed by atoms with Gasteiger partial charge >= 0.3 is 0 Å². The van der Waals surface area contributed by atoms with E-state index in [0.717, 1.165) is 18.2 Å². The molecule has 2 rings (SSSR count). The molecule has 0 atom stereocenters. The molecule has 2 N–H and O–H groups in total. The Bertz CT molecular complexity index is 626. The first-order valence-electron chi connectivity index (χ1n) is 5.04. The first kappa shape index (κ1) is 12.2. The number of primary amides is 1. The number of carbonyl (C=O) groups excluding carboxylic acids is 1. The summed E-state index contributed by atoms with van der Waals surface area (Å²) in [7, 11) is 0. The van der Waals surface area contributed by atoms with E-state index >= 15 is 0 Å². The largest absolute Gasteiger partial charge is 0.366 e. The van der Waals surface area contributed by atoms with Crippen LogP contribution in [0.5, 0.6) is 0 Å². The van der Waals surface area contributed by atoms with Gasteiger partial charge in [0.1, 0.15) is 5.82 Å². The monoisotopic (exact) mass is 251 g/mol. The first-order chi connectivity index (χ1) is 8.50. The van der Waals surface area contributed by atoms with Crippen LogP contribution in [0.4, 0.5) is 13.2 Å². The fourth-order valence-electron chi connectivity index (χ4n) is 1.67. The molecule has 0 aliphatic heterocycles. The molecule has 92 valence electrons. The summed E-state index contributed by atoms with van der Waals surface area (Å²) in [5.74, 6) is -3.74. The topological polar surface area (TPSA) is 43.1 Å². The summed E-state index contributed by atoms with van der Waals surface area (Å²) in [6, 6.07) is 6.66. The molecule has 2 aromatic rings. The highest BCUT2D eigenvalue weighted by molar-refractivity contribution is 5.99. The van der Waals surface area contributed by atoms with Crippen molar-refractivity contribution in [2.75, 3.05) is 0 Å². The van der Waals surface area contributed by atoms with E-state index < -0.39 is 23.4 Å². The van der Waals surface area contributed by atoms with Gasteiger partial charge < -0.3 is 5.73 Å². The van der Waals surface area contributed by atoms with E-state index in [1.807, 2.05) is 0 Å². The molecule has 1 amide bonds. The third-order valence-electron chi connectivity index (χ3n) is 2.49. The molecule has 0 saturated heterocycles. The van der Waals surface area contributed by atoms with Gasteiger partial charge in [0.05, 0.1) is 0 Å². The third kappa shape index (κ3) is 2.07. The number of nitrogens with two attached hydrogens (primary N) is 1. The second kappa shape index (κ2) is 4.52. The summed E-state index contributed by atoms with van der Waals surface area (Å²) in [5, 5.41) is 0. The summed E-state index contributed by atoms with van der Waals surface area (Å²) in [6.07, 6.45) is 0. The predicted molar refractivity (Wildman–Crippen MR) is 60.3 cm³/mol. The van der Waals surface area contributed by atoms with Crippen molar-refractivity contribution in [2.45, 2.75) is 0 Å². The molecule has 0 aromatic heterocycles. The number of carbonyl (C=O) groups is 1. The molecular weight excluding hydrogens is 243 g/mol. The van der Waals surface area contributed by atoms with Gasteiger partial charge in [-0.15, -0.1) is 0 Å². The average molecular weight is 251 g/mol. The number of rotatable bonds is 2. The van der Waals surface area contributed by atoms with Crippen LogP contribution in [0.2, 0.25) is 0 Å². The molecule has 0 saturated carbocycles. The average Bonchev–Trinajstić information content (AvgIpc) is 2.33. The molecule has 5 heteroatoms. The highest BCUT2D eigenvalue weighted by Gasteiger charge is 2.16. The zero-order valence-corrected chi connectivity index (χ0v) is 9.08. The Morgan fingerprint density at radius 3 is 2.39 bits per heavy atom. The summed E-state index contributed by atoms with van der Waals surface area (Å²) in [4.78, 5) is 11.2. The molecule has 0 unspecified atom stereocenters. The molecule has 0 spiro atoms. The van der Waals surface area contributed by atoms with Gasteiger partial charge in [-0.2, -0.15) is 0 Å². The summed E-state index contributed by atoms with van der Waals surface area (Å²) >= 11 is 0. The van der Waals surface area contributed by atoms with Gasteiger partial charge in [-0.1, -0.05) is 18.2 Å². The summed E-state index contributed by atoms with van der Waals surface area (Å²) < 4.78 is 39.7. The molecule has 0 aliphatic carbocycles. The quantitative estimate of drug-likeness (QED) is 0.876. The van der Waals surface area contributed by atoms with Crippen molar-refractivity contribution in [3.8, 4) is 11.1 Å². The van der Waals surface area contributed by atoms with Crippen molar-refractivity contribution >= 4 is 5.91 Å². The van der Waals surface area contributed by atoms with Crippen LogP contribution >= 0.6 is 0 Å². The Balaban J connectivity index is 2.71. The Hall–Kier alpha value is -2.30. The first-order valence-corrected chi connectivity index (χ1v) is 5.04. The smallest absolute Gasteiger partial charge is 0.249 e. The van der Waals surface area contributed by atoms with Gasteiger partial charge in [0.15, 0.2) is 11.6 Å². The van der Waals surface area contributed by atoms with Gasteiger partial charge in [0.2, 0.25) is 5.91 Å². The van der Waals surface area contributed by atoms with E-state index in [2.05, 4.69) is 0 Å². The highest BCUT2D eigenvalue weighted by Crippen LogP contribution is 2.28. The number of hydrogen-bond acceptors (Lipinski definition) is 1. The maximum absolute atomic E-state index is 13.6. The summed E-state index contributed by atoms with van der Waals surface area (Å²) in [6.45, 7) is 0. The zero-order chi connectivity index (χ0) is 13.3. The number of benzene rings is 2. The molecule has 0 heterocycles. The lowest BCUT2D eigenvalue weighted by Crippen LogP contribution is -2.13. The van der Waals surface area contributed by atoms with Gasteiger partial charge in [0.25, 0.3) is 0 Å². The van der Waals surface area contributed by atoms with Gasteiger partial charge in [-0.05, 0) is 23.8 Å². The van der Waals surface area contributed by atoms with E-state index in [1.54, 1.807) is 0 Å². The van der Waals surface area contributed by atoms with Crippen LogP contribution in [0.15, 0.2) is 36.4 Å². The lowest BCUT2D eigenvalue weighted by atomic mass is 9.98. The molecule has 0 radical (unpaired) electrons. The highest BCUT2D eigenvalue weighted by atomic mass is 19.2. The van der Waals surface area contributed by atoms with Crippen molar-refractivity contribution in [2.24, 2.45) is 5.73 Å². The van der Waals surface area contributed by atoms with Gasteiger partial charge in [-0.25, -0.2) is 13.2 Å². The van der Waals surface area contributed by atoms with E-state index in [9.17, 15) is 18.0 Å². The normalized spacial score (nSPS) is 10.4. The maximum atomic E-state index is 13.6. The van der Waals surface area contributed by atoms with Gasteiger partial charge in [-0.3, -0.25) is 4.79 Å². The Morgan fingerprint density at radius 2 is 1.72 bits per heavy atom. The SMILES string of the molecule is NC(=O)c1cc(F)ccc1-c1cccc(F)c1F. The minimum Gasteiger partial charge on any atom is -0.366 e. The van der Waals surface area contributed by atoms with Crippen LogP contribution in [-0.4, -0.2) is 5.91 Å². The second-order valence-corrected chi connectivity index (χ2v) is 3.66. The fourth-order valence-corrected chi connectivity index (χ4v) is 1.67. The minimum absolute atomic E-state index is 0.0564. The fraction of sp³-hybridized carbons (Fsp3) is 0. The molecule has 2 aromatic carbocycles. The maximum Gasteiger partial charge on any atom is 0.249 e. The lowest BCUT2D eigenvalue weighted by Gasteiger charge is -2.08. The van der Waals surface area contributed by atoms with Crippen LogP contribution in [0.3, 0.4) is 0 Å². The van der Waals surface area contributed by atoms with Crippen molar-refractivity contribution < 1.29 is 18.0 Å². The summed E-state index contributed by atoms with van der Waals surface area (Å²) in [5.41, 5.74) is 4.81. The number of amides is 1. The van der Waals surface area contributed by atoms with Crippen molar-refractivity contribution in [3.05, 3.63) is 59.4 Å². The molecule has 0 bridgehead atoms. The number of halogens is 3. The van der Waals surface area contributed by atoms with Crippen molar-refractivity contribution in [3.63, 3.8) is 0 Å². The molecule has 18 heavy (non-hydrogen) atoms. The van der Waals surface area contributed by atoms with E-state index in [4.69, 9.17) is 5.73 Å². The molecule has 0 aliphatic rings. The van der Waals surface area contributed by atoms with Gasteiger partial charge in [0, 0.05) is 11.1 Å². The van der Waals surface area contributed by atoms with Crippen LogP contribution < -0.4 is 5.73 Å². The Kier molecular flexibility index (Phi) is 3.06. The lowest BCUT2D eigenvalue weighted by molar-refractivity contribution is 0.100.